The first-order valence-corrected chi connectivity index (χ1v) is 6.56. The Hall–Kier alpha value is -0.560. The van der Waals surface area contributed by atoms with Crippen molar-refractivity contribution >= 4 is 21.5 Å². The average Bonchev–Trinajstić information content (AvgIpc) is 2.63. The minimum Gasteiger partial charge on any atom is -0.0620 e. The molecule has 3 rings (SSSR count). The van der Waals surface area contributed by atoms with E-state index in [9.17, 15) is 0 Å². The van der Waals surface area contributed by atoms with Crippen LogP contribution in [0.2, 0.25) is 0 Å². The van der Waals surface area contributed by atoms with Crippen molar-refractivity contribution in [3.05, 3.63) is 38.9 Å². The van der Waals surface area contributed by atoms with Gasteiger partial charge in [-0.3, -0.25) is 0 Å². The molecule has 0 bridgehead atoms. The van der Waals surface area contributed by atoms with Gasteiger partial charge in [0.1, 0.15) is 0 Å². The lowest BCUT2D eigenvalue weighted by molar-refractivity contribution is 0.711. The van der Waals surface area contributed by atoms with Crippen LogP contribution in [0.25, 0.3) is 5.57 Å². The van der Waals surface area contributed by atoms with E-state index in [1.54, 1.807) is 16.7 Å². The number of fused-ring (bicyclic) bond motifs is 2. The Kier molecular flexibility index (Phi) is 2.24. The van der Waals surface area contributed by atoms with E-state index in [4.69, 9.17) is 0 Å². The zero-order valence-electron chi connectivity index (χ0n) is 9.07. The molecule has 0 radical (unpaired) electrons. The lowest BCUT2D eigenvalue weighted by Crippen LogP contribution is -1.93. The molecule has 1 heteroatoms. The largest absolute Gasteiger partial charge is 0.0620 e. The van der Waals surface area contributed by atoms with Gasteiger partial charge in [0.15, 0.2) is 0 Å². The summed E-state index contributed by atoms with van der Waals surface area (Å²) in [5.41, 5.74) is 7.82. The number of hydrogen-bond donors (Lipinski definition) is 0. The van der Waals surface area contributed by atoms with Gasteiger partial charge in [-0.15, -0.1) is 0 Å². The van der Waals surface area contributed by atoms with Crippen LogP contribution < -0.4 is 0 Å². The number of allylic oxidation sites excluding steroid dienone is 2. The van der Waals surface area contributed by atoms with E-state index in [-0.39, 0.29) is 0 Å². The van der Waals surface area contributed by atoms with E-state index in [0.717, 1.165) is 0 Å². The average molecular weight is 263 g/mol. The maximum Gasteiger partial charge on any atom is 0.0245 e. The summed E-state index contributed by atoms with van der Waals surface area (Å²) in [5, 5.41) is 0. The van der Waals surface area contributed by atoms with Gasteiger partial charge in [0, 0.05) is 4.47 Å². The summed E-state index contributed by atoms with van der Waals surface area (Å²) in [6.07, 6.45) is 6.60. The molecule has 0 heterocycles. The van der Waals surface area contributed by atoms with Gasteiger partial charge in [-0.1, -0.05) is 33.6 Å². The summed E-state index contributed by atoms with van der Waals surface area (Å²) in [4.78, 5) is 0. The minimum absolute atomic E-state index is 1.20. The maximum absolute atomic E-state index is 3.74. The lowest BCUT2D eigenvalue weighted by Gasteiger charge is -2.14. The molecule has 78 valence electrons. The highest BCUT2D eigenvalue weighted by Crippen LogP contribution is 2.44. The molecule has 0 fully saturated rings. The molecule has 0 aliphatic heterocycles. The number of hydrogen-bond acceptors (Lipinski definition) is 0. The topological polar surface area (TPSA) is 0 Å². The molecule has 0 N–H and O–H groups in total. The Bertz CT molecular complexity index is 455. The van der Waals surface area contributed by atoms with Crippen LogP contribution in [0.5, 0.6) is 0 Å². The molecule has 15 heavy (non-hydrogen) atoms. The SMILES string of the molecule is Cc1ccc2c(c1Br)CC1=C2CCCC1. The summed E-state index contributed by atoms with van der Waals surface area (Å²) >= 11 is 3.74. The number of halogens is 1. The lowest BCUT2D eigenvalue weighted by atomic mass is 9.92. The summed E-state index contributed by atoms with van der Waals surface area (Å²) < 4.78 is 1.34. The quantitative estimate of drug-likeness (QED) is 0.639. The standard InChI is InChI=1S/C14H15Br/c1-9-6-7-12-11-5-3-2-4-10(11)8-13(12)14(9)15/h6-7H,2-5,8H2,1H3. The Morgan fingerprint density at radius 2 is 1.93 bits per heavy atom. The minimum atomic E-state index is 1.20. The van der Waals surface area contributed by atoms with Crippen LogP contribution in [0, 0.1) is 6.92 Å². The third-order valence-corrected chi connectivity index (χ3v) is 4.84. The molecule has 0 saturated heterocycles. The number of aryl methyl sites for hydroxylation is 1. The smallest absolute Gasteiger partial charge is 0.0245 e. The van der Waals surface area contributed by atoms with Crippen molar-refractivity contribution in [2.45, 2.75) is 39.0 Å². The Labute approximate surface area is 99.5 Å². The first kappa shape index (κ1) is 9.65. The van der Waals surface area contributed by atoms with E-state index in [1.165, 1.54) is 47.7 Å². The molecule has 2 aliphatic rings. The first-order chi connectivity index (χ1) is 7.27. The molecule has 0 amide bonds. The van der Waals surface area contributed by atoms with Crippen LogP contribution in [-0.2, 0) is 6.42 Å². The normalized spacial score (nSPS) is 19.1. The van der Waals surface area contributed by atoms with Gasteiger partial charge in [-0.2, -0.15) is 0 Å². The van der Waals surface area contributed by atoms with Gasteiger partial charge in [0.2, 0.25) is 0 Å². The molecular weight excluding hydrogens is 248 g/mol. The van der Waals surface area contributed by atoms with Crippen molar-refractivity contribution in [2.24, 2.45) is 0 Å². The van der Waals surface area contributed by atoms with Crippen molar-refractivity contribution < 1.29 is 0 Å². The van der Waals surface area contributed by atoms with Crippen LogP contribution >= 0.6 is 15.9 Å². The van der Waals surface area contributed by atoms with Crippen molar-refractivity contribution in [2.75, 3.05) is 0 Å². The molecule has 0 atom stereocenters. The van der Waals surface area contributed by atoms with Crippen molar-refractivity contribution in [1.29, 1.82) is 0 Å². The highest BCUT2D eigenvalue weighted by atomic mass is 79.9. The van der Waals surface area contributed by atoms with Gasteiger partial charge in [-0.05, 0) is 61.3 Å². The fraction of sp³-hybridized carbons (Fsp3) is 0.429. The summed E-state index contributed by atoms with van der Waals surface area (Å²) in [6.45, 7) is 2.18. The van der Waals surface area contributed by atoms with Crippen LogP contribution in [0.15, 0.2) is 22.2 Å². The molecule has 1 aromatic rings. The fourth-order valence-corrected chi connectivity index (χ4v) is 3.38. The number of benzene rings is 1. The maximum atomic E-state index is 3.74. The van der Waals surface area contributed by atoms with E-state index < -0.39 is 0 Å². The second kappa shape index (κ2) is 3.48. The molecule has 0 aromatic heterocycles. The highest BCUT2D eigenvalue weighted by molar-refractivity contribution is 9.10. The molecule has 0 unspecified atom stereocenters. The van der Waals surface area contributed by atoms with E-state index in [2.05, 4.69) is 35.0 Å². The second-order valence-electron chi connectivity index (χ2n) is 4.69. The Morgan fingerprint density at radius 1 is 1.13 bits per heavy atom. The second-order valence-corrected chi connectivity index (χ2v) is 5.48. The van der Waals surface area contributed by atoms with Gasteiger partial charge < -0.3 is 0 Å². The molecular formula is C14H15Br. The van der Waals surface area contributed by atoms with E-state index in [0.29, 0.717) is 0 Å². The molecule has 0 spiro atoms. The molecule has 2 aliphatic carbocycles. The monoisotopic (exact) mass is 262 g/mol. The van der Waals surface area contributed by atoms with Crippen molar-refractivity contribution in [1.82, 2.24) is 0 Å². The highest BCUT2D eigenvalue weighted by Gasteiger charge is 2.25. The summed E-state index contributed by atoms with van der Waals surface area (Å²) in [7, 11) is 0. The Balaban J connectivity index is 2.15. The van der Waals surface area contributed by atoms with Gasteiger partial charge in [-0.25, -0.2) is 0 Å². The van der Waals surface area contributed by atoms with Crippen molar-refractivity contribution in [3.8, 4) is 0 Å². The zero-order valence-corrected chi connectivity index (χ0v) is 10.7. The molecule has 0 nitrogen and oxygen atoms in total. The first-order valence-electron chi connectivity index (χ1n) is 5.76. The summed E-state index contributed by atoms with van der Waals surface area (Å²) in [6, 6.07) is 4.57. The summed E-state index contributed by atoms with van der Waals surface area (Å²) in [5.74, 6) is 0. The zero-order chi connectivity index (χ0) is 10.4. The van der Waals surface area contributed by atoms with E-state index in [1.807, 2.05) is 0 Å². The predicted octanol–water partition coefficient (Wildman–Crippen LogP) is 4.64. The van der Waals surface area contributed by atoms with Crippen LogP contribution in [0.3, 0.4) is 0 Å². The molecule has 0 saturated carbocycles. The predicted molar refractivity (Wildman–Crippen MR) is 68.0 cm³/mol. The van der Waals surface area contributed by atoms with Gasteiger partial charge in [0.25, 0.3) is 0 Å². The van der Waals surface area contributed by atoms with Crippen molar-refractivity contribution in [3.63, 3.8) is 0 Å². The van der Waals surface area contributed by atoms with E-state index >= 15 is 0 Å². The van der Waals surface area contributed by atoms with Crippen LogP contribution in [0.4, 0.5) is 0 Å². The number of rotatable bonds is 0. The van der Waals surface area contributed by atoms with Crippen LogP contribution in [0.1, 0.15) is 42.4 Å². The van der Waals surface area contributed by atoms with Crippen LogP contribution in [-0.4, -0.2) is 0 Å². The third-order valence-electron chi connectivity index (χ3n) is 3.73. The molecule has 1 aromatic carbocycles. The van der Waals surface area contributed by atoms with Gasteiger partial charge in [0.05, 0.1) is 0 Å². The van der Waals surface area contributed by atoms with Gasteiger partial charge >= 0.3 is 0 Å². The Morgan fingerprint density at radius 3 is 2.80 bits per heavy atom. The fourth-order valence-electron chi connectivity index (χ4n) is 2.90. The third kappa shape index (κ3) is 1.40.